The molecule has 0 saturated carbocycles. The van der Waals surface area contributed by atoms with Crippen molar-refractivity contribution in [2.75, 3.05) is 19.7 Å². The first-order valence-corrected chi connectivity index (χ1v) is 8.03. The van der Waals surface area contributed by atoms with E-state index in [1.165, 1.54) is 12.8 Å². The summed E-state index contributed by atoms with van der Waals surface area (Å²) in [6.07, 6.45) is 4.70. The van der Waals surface area contributed by atoms with E-state index in [0.29, 0.717) is 11.8 Å². The number of aromatic nitrogens is 2. The van der Waals surface area contributed by atoms with Crippen LogP contribution in [0.5, 0.6) is 5.75 Å². The Morgan fingerprint density at radius 3 is 2.50 bits per heavy atom. The van der Waals surface area contributed by atoms with Crippen molar-refractivity contribution in [2.45, 2.75) is 39.5 Å². The van der Waals surface area contributed by atoms with Crippen LogP contribution < -0.4 is 10.1 Å². The molecule has 1 aromatic heterocycles. The van der Waals surface area contributed by atoms with Gasteiger partial charge in [-0.2, -0.15) is 0 Å². The maximum Gasteiger partial charge on any atom is 0.247 e. The Morgan fingerprint density at radius 2 is 1.82 bits per heavy atom. The van der Waals surface area contributed by atoms with Gasteiger partial charge in [0.15, 0.2) is 0 Å². The summed E-state index contributed by atoms with van der Waals surface area (Å²) in [5.41, 5.74) is 0.910. The van der Waals surface area contributed by atoms with Crippen LogP contribution in [0.1, 0.15) is 38.5 Å². The lowest BCUT2D eigenvalue weighted by Crippen LogP contribution is -2.17. The molecule has 0 amide bonds. The Morgan fingerprint density at radius 1 is 1.05 bits per heavy atom. The van der Waals surface area contributed by atoms with Gasteiger partial charge in [-0.3, -0.25) is 0 Å². The Bertz CT molecular complexity index is 537. The van der Waals surface area contributed by atoms with Crippen molar-refractivity contribution < 1.29 is 9.15 Å². The number of aryl methyl sites for hydroxylation is 1. The number of unbranched alkanes of at least 4 members (excludes halogenated alkanes) is 2. The van der Waals surface area contributed by atoms with Crippen molar-refractivity contribution >= 4 is 0 Å². The molecule has 0 fully saturated rings. The molecule has 0 atom stereocenters. The minimum absolute atomic E-state index is 0.544. The predicted molar refractivity (Wildman–Crippen MR) is 87.0 cm³/mol. The van der Waals surface area contributed by atoms with Gasteiger partial charge in [0, 0.05) is 12.5 Å². The fourth-order valence-electron chi connectivity index (χ4n) is 2.08. The highest BCUT2D eigenvalue weighted by Crippen LogP contribution is 2.21. The van der Waals surface area contributed by atoms with Gasteiger partial charge in [0.1, 0.15) is 5.75 Å². The summed E-state index contributed by atoms with van der Waals surface area (Å²) in [5, 5.41) is 11.3. The van der Waals surface area contributed by atoms with Crippen LogP contribution in [0.15, 0.2) is 28.7 Å². The Hall–Kier alpha value is -1.88. The summed E-state index contributed by atoms with van der Waals surface area (Å²) in [7, 11) is 0. The largest absolute Gasteiger partial charge is 0.494 e. The molecule has 1 N–H and O–H groups in total. The van der Waals surface area contributed by atoms with Gasteiger partial charge in [-0.15, -0.1) is 10.2 Å². The van der Waals surface area contributed by atoms with Crippen molar-refractivity contribution in [1.82, 2.24) is 15.5 Å². The van der Waals surface area contributed by atoms with E-state index >= 15 is 0 Å². The number of nitrogens with zero attached hydrogens (tertiary/aromatic N) is 2. The van der Waals surface area contributed by atoms with Crippen LogP contribution in [0.25, 0.3) is 11.5 Å². The molecule has 1 aromatic carbocycles. The summed E-state index contributed by atoms with van der Waals surface area (Å²) in [5.74, 6) is 1.99. The number of ether oxygens (including phenoxy) is 1. The van der Waals surface area contributed by atoms with E-state index in [4.69, 9.17) is 9.15 Å². The quantitative estimate of drug-likeness (QED) is 0.680. The Kier molecular flexibility index (Phi) is 6.90. The summed E-state index contributed by atoms with van der Waals surface area (Å²) >= 11 is 0. The molecule has 0 saturated heterocycles. The molecule has 2 rings (SSSR count). The van der Waals surface area contributed by atoms with Gasteiger partial charge in [0.25, 0.3) is 0 Å². The predicted octanol–water partition coefficient (Wildman–Crippen LogP) is 3.59. The molecule has 22 heavy (non-hydrogen) atoms. The molecule has 0 unspecified atom stereocenters. The molecule has 2 aromatic rings. The minimum atomic E-state index is 0.544. The van der Waals surface area contributed by atoms with Crippen molar-refractivity contribution in [3.8, 4) is 17.2 Å². The van der Waals surface area contributed by atoms with Gasteiger partial charge in [-0.05, 0) is 56.6 Å². The maximum atomic E-state index is 5.74. The van der Waals surface area contributed by atoms with Crippen LogP contribution in [0.3, 0.4) is 0 Å². The zero-order valence-corrected chi connectivity index (χ0v) is 13.5. The highest BCUT2D eigenvalue weighted by Gasteiger charge is 2.05. The minimum Gasteiger partial charge on any atom is -0.494 e. The van der Waals surface area contributed by atoms with E-state index in [1.807, 2.05) is 24.3 Å². The third-order valence-electron chi connectivity index (χ3n) is 3.35. The Labute approximate surface area is 132 Å². The normalized spacial score (nSPS) is 10.8. The lowest BCUT2D eigenvalue weighted by molar-refractivity contribution is 0.306. The molecule has 0 aliphatic carbocycles. The van der Waals surface area contributed by atoms with Gasteiger partial charge in [-0.1, -0.05) is 13.3 Å². The first kappa shape index (κ1) is 16.5. The molecule has 5 nitrogen and oxygen atoms in total. The smallest absolute Gasteiger partial charge is 0.247 e. The third-order valence-corrected chi connectivity index (χ3v) is 3.35. The zero-order valence-electron chi connectivity index (χ0n) is 13.5. The highest BCUT2D eigenvalue weighted by atomic mass is 16.5. The molecule has 1 heterocycles. The average molecular weight is 303 g/mol. The monoisotopic (exact) mass is 303 g/mol. The number of hydrogen-bond donors (Lipinski definition) is 1. The zero-order chi connectivity index (χ0) is 15.6. The van der Waals surface area contributed by atoms with E-state index in [9.17, 15) is 0 Å². The van der Waals surface area contributed by atoms with E-state index in [0.717, 1.165) is 43.9 Å². The number of nitrogens with one attached hydrogen (secondary N) is 1. The van der Waals surface area contributed by atoms with Crippen molar-refractivity contribution in [3.63, 3.8) is 0 Å². The maximum absolute atomic E-state index is 5.74. The van der Waals surface area contributed by atoms with E-state index < -0.39 is 0 Å². The van der Waals surface area contributed by atoms with Gasteiger partial charge in [0.2, 0.25) is 11.8 Å². The molecular weight excluding hydrogens is 278 g/mol. The van der Waals surface area contributed by atoms with Crippen molar-refractivity contribution in [3.05, 3.63) is 30.2 Å². The van der Waals surface area contributed by atoms with Crippen molar-refractivity contribution in [2.24, 2.45) is 0 Å². The van der Waals surface area contributed by atoms with Crippen LogP contribution in [0.2, 0.25) is 0 Å². The highest BCUT2D eigenvalue weighted by molar-refractivity contribution is 5.53. The van der Waals surface area contributed by atoms with Crippen LogP contribution in [-0.2, 0) is 0 Å². The molecule has 0 aliphatic heterocycles. The molecular formula is C17H25N3O2. The van der Waals surface area contributed by atoms with Gasteiger partial charge >= 0.3 is 0 Å². The van der Waals surface area contributed by atoms with Gasteiger partial charge < -0.3 is 14.5 Å². The number of rotatable bonds is 10. The molecule has 0 spiro atoms. The second kappa shape index (κ2) is 9.20. The number of benzene rings is 1. The molecule has 0 radical (unpaired) electrons. The van der Waals surface area contributed by atoms with Crippen molar-refractivity contribution in [1.29, 1.82) is 0 Å². The van der Waals surface area contributed by atoms with Crippen LogP contribution in [0, 0.1) is 6.92 Å². The topological polar surface area (TPSA) is 60.2 Å². The molecule has 0 aliphatic rings. The summed E-state index contributed by atoms with van der Waals surface area (Å²) in [6.45, 7) is 6.92. The SMILES string of the molecule is CCCCNCCCCOc1ccc(-c2nnc(C)o2)cc1. The second-order valence-corrected chi connectivity index (χ2v) is 5.31. The summed E-state index contributed by atoms with van der Waals surface area (Å²) in [4.78, 5) is 0. The fourth-order valence-corrected chi connectivity index (χ4v) is 2.08. The first-order valence-electron chi connectivity index (χ1n) is 8.03. The van der Waals surface area contributed by atoms with E-state index in [1.54, 1.807) is 6.92 Å². The third kappa shape index (κ3) is 5.48. The fraction of sp³-hybridized carbons (Fsp3) is 0.529. The van der Waals surface area contributed by atoms with E-state index in [2.05, 4.69) is 22.4 Å². The summed E-state index contributed by atoms with van der Waals surface area (Å²) < 4.78 is 11.1. The first-order chi connectivity index (χ1) is 10.8. The number of hydrogen-bond acceptors (Lipinski definition) is 5. The lowest BCUT2D eigenvalue weighted by atomic mass is 10.2. The van der Waals surface area contributed by atoms with Crippen LogP contribution >= 0.6 is 0 Å². The lowest BCUT2D eigenvalue weighted by Gasteiger charge is -2.07. The van der Waals surface area contributed by atoms with Crippen LogP contribution in [0.4, 0.5) is 0 Å². The van der Waals surface area contributed by atoms with E-state index in [-0.39, 0.29) is 0 Å². The standard InChI is InChI=1S/C17H25N3O2/c1-3-4-11-18-12-5-6-13-21-16-9-7-15(8-10-16)17-20-19-14(2)22-17/h7-10,18H,3-6,11-13H2,1-2H3. The van der Waals surface area contributed by atoms with Gasteiger partial charge in [0.05, 0.1) is 6.61 Å². The summed E-state index contributed by atoms with van der Waals surface area (Å²) in [6, 6.07) is 7.76. The Balaban J connectivity index is 1.64. The second-order valence-electron chi connectivity index (χ2n) is 5.31. The molecule has 120 valence electrons. The average Bonchev–Trinajstić information content (AvgIpc) is 2.97. The van der Waals surface area contributed by atoms with Crippen LogP contribution in [-0.4, -0.2) is 29.9 Å². The van der Waals surface area contributed by atoms with Gasteiger partial charge in [-0.25, -0.2) is 0 Å². The molecule has 0 bridgehead atoms. The molecule has 5 heteroatoms.